The average molecular weight is 230 g/mol. The smallest absolute Gasteiger partial charge is 0.288 e. The van der Waals surface area contributed by atoms with Crippen LogP contribution in [0, 0.1) is 6.92 Å². The van der Waals surface area contributed by atoms with E-state index in [1.165, 1.54) is 11.8 Å². The largest absolute Gasteiger partial charge is 0.436 e. The van der Waals surface area contributed by atoms with Crippen molar-refractivity contribution in [2.24, 2.45) is 0 Å². The van der Waals surface area contributed by atoms with Gasteiger partial charge >= 0.3 is 0 Å². The quantitative estimate of drug-likeness (QED) is 0.873. The van der Waals surface area contributed by atoms with Crippen LogP contribution < -0.4 is 5.32 Å². The first-order chi connectivity index (χ1) is 8.25. The second-order valence-electron chi connectivity index (χ2n) is 3.74. The number of nitrogens with one attached hydrogen (secondary N) is 1. The molecule has 0 spiro atoms. The van der Waals surface area contributed by atoms with Gasteiger partial charge in [-0.3, -0.25) is 4.79 Å². The third-order valence-electron chi connectivity index (χ3n) is 2.39. The van der Waals surface area contributed by atoms with Gasteiger partial charge in [0.05, 0.1) is 6.20 Å². The highest BCUT2D eigenvalue weighted by Crippen LogP contribution is 2.02. The molecular weight excluding hydrogens is 216 g/mol. The van der Waals surface area contributed by atoms with Crippen molar-refractivity contribution in [2.45, 2.75) is 13.3 Å². The highest BCUT2D eigenvalue weighted by molar-refractivity contribution is 5.91. The van der Waals surface area contributed by atoms with Crippen LogP contribution >= 0.6 is 0 Å². The minimum absolute atomic E-state index is 0.221. The molecule has 1 amide bonds. The van der Waals surface area contributed by atoms with Crippen molar-refractivity contribution < 1.29 is 9.21 Å². The molecule has 1 heterocycles. The number of hydrogen-bond donors (Lipinski definition) is 1. The zero-order valence-electron chi connectivity index (χ0n) is 9.64. The van der Waals surface area contributed by atoms with Gasteiger partial charge in [0.25, 0.3) is 5.91 Å². The molecule has 1 aromatic carbocycles. The molecule has 88 valence electrons. The van der Waals surface area contributed by atoms with Crippen molar-refractivity contribution >= 4 is 5.91 Å². The molecule has 1 aromatic heterocycles. The summed E-state index contributed by atoms with van der Waals surface area (Å²) in [5.41, 5.74) is 1.20. The van der Waals surface area contributed by atoms with Gasteiger partial charge in [-0.05, 0) is 12.0 Å². The van der Waals surface area contributed by atoms with Crippen LogP contribution in [0.5, 0.6) is 0 Å². The molecule has 0 saturated heterocycles. The Balaban J connectivity index is 1.81. The molecule has 0 fully saturated rings. The molecule has 4 nitrogen and oxygen atoms in total. The number of nitrogens with zero attached hydrogens (tertiary/aromatic N) is 1. The summed E-state index contributed by atoms with van der Waals surface area (Å²) in [5.74, 6) is 0.537. The summed E-state index contributed by atoms with van der Waals surface area (Å²) in [6.07, 6.45) is 2.24. The molecule has 0 atom stereocenters. The van der Waals surface area contributed by atoms with Crippen LogP contribution in [0.2, 0.25) is 0 Å². The van der Waals surface area contributed by atoms with Crippen LogP contribution in [0.25, 0.3) is 0 Å². The summed E-state index contributed by atoms with van der Waals surface area (Å²) in [5, 5.41) is 2.79. The second-order valence-corrected chi connectivity index (χ2v) is 3.74. The van der Waals surface area contributed by atoms with E-state index in [9.17, 15) is 4.79 Å². The molecule has 2 rings (SSSR count). The van der Waals surface area contributed by atoms with E-state index in [0.717, 1.165) is 6.42 Å². The molecule has 0 unspecified atom stereocenters. The topological polar surface area (TPSA) is 55.1 Å². The molecular formula is C13H14N2O2. The van der Waals surface area contributed by atoms with Gasteiger partial charge in [0, 0.05) is 13.5 Å². The number of oxazole rings is 1. The van der Waals surface area contributed by atoms with Crippen molar-refractivity contribution in [1.82, 2.24) is 10.3 Å². The van der Waals surface area contributed by atoms with Gasteiger partial charge in [0.2, 0.25) is 5.76 Å². The fraction of sp³-hybridized carbons (Fsp3) is 0.231. The van der Waals surface area contributed by atoms with Crippen LogP contribution in [0.1, 0.15) is 22.0 Å². The van der Waals surface area contributed by atoms with Crippen LogP contribution in [0.3, 0.4) is 0 Å². The van der Waals surface area contributed by atoms with Crippen molar-refractivity contribution in [1.29, 1.82) is 0 Å². The van der Waals surface area contributed by atoms with E-state index in [0.29, 0.717) is 12.4 Å². The van der Waals surface area contributed by atoms with Gasteiger partial charge in [-0.1, -0.05) is 30.3 Å². The van der Waals surface area contributed by atoms with Crippen LogP contribution in [0.4, 0.5) is 0 Å². The number of aryl methyl sites for hydroxylation is 1. The molecule has 17 heavy (non-hydrogen) atoms. The number of carbonyl (C=O) groups is 1. The summed E-state index contributed by atoms with van der Waals surface area (Å²) in [7, 11) is 0. The summed E-state index contributed by atoms with van der Waals surface area (Å²) in [6.45, 7) is 2.29. The van der Waals surface area contributed by atoms with Crippen LogP contribution in [0.15, 0.2) is 40.9 Å². The molecule has 4 heteroatoms. The Hall–Kier alpha value is -2.10. The maximum absolute atomic E-state index is 11.6. The van der Waals surface area contributed by atoms with Gasteiger partial charge in [-0.2, -0.15) is 0 Å². The predicted octanol–water partition coefficient (Wildman–Crippen LogP) is 1.96. The van der Waals surface area contributed by atoms with Crippen LogP contribution in [-0.2, 0) is 6.42 Å². The van der Waals surface area contributed by atoms with Crippen molar-refractivity contribution in [3.8, 4) is 0 Å². The Morgan fingerprint density at radius 1 is 1.35 bits per heavy atom. The van der Waals surface area contributed by atoms with E-state index in [4.69, 9.17) is 4.42 Å². The Kier molecular flexibility index (Phi) is 3.55. The highest BCUT2D eigenvalue weighted by atomic mass is 16.4. The zero-order chi connectivity index (χ0) is 12.1. The maximum atomic E-state index is 11.6. The Bertz CT molecular complexity index is 491. The first-order valence-electron chi connectivity index (χ1n) is 5.50. The second kappa shape index (κ2) is 5.30. The number of aromatic nitrogens is 1. The molecule has 0 bridgehead atoms. The standard InChI is InChI=1S/C13H14N2O2/c1-10-15-9-12(17-10)13(16)14-8-7-11-5-3-2-4-6-11/h2-6,9H,7-8H2,1H3,(H,14,16). The van der Waals surface area contributed by atoms with E-state index < -0.39 is 0 Å². The zero-order valence-corrected chi connectivity index (χ0v) is 9.64. The minimum atomic E-state index is -0.221. The number of hydrogen-bond acceptors (Lipinski definition) is 3. The Labute approximate surface area is 99.7 Å². The summed E-state index contributed by atoms with van der Waals surface area (Å²) < 4.78 is 5.12. The highest BCUT2D eigenvalue weighted by Gasteiger charge is 2.09. The average Bonchev–Trinajstić information content (AvgIpc) is 2.77. The molecule has 1 N–H and O–H groups in total. The normalized spacial score (nSPS) is 10.2. The molecule has 0 aliphatic carbocycles. The monoisotopic (exact) mass is 230 g/mol. The summed E-state index contributed by atoms with van der Waals surface area (Å²) in [4.78, 5) is 15.5. The van der Waals surface area contributed by atoms with Gasteiger partial charge < -0.3 is 9.73 Å². The Morgan fingerprint density at radius 2 is 2.12 bits per heavy atom. The van der Waals surface area contributed by atoms with Gasteiger partial charge in [-0.25, -0.2) is 4.98 Å². The lowest BCUT2D eigenvalue weighted by Crippen LogP contribution is -2.25. The van der Waals surface area contributed by atoms with Crippen molar-refractivity contribution in [2.75, 3.05) is 6.54 Å². The molecule has 0 saturated carbocycles. The van der Waals surface area contributed by atoms with E-state index in [2.05, 4.69) is 10.3 Å². The van der Waals surface area contributed by atoms with Crippen LogP contribution in [-0.4, -0.2) is 17.4 Å². The van der Waals surface area contributed by atoms with Crippen molar-refractivity contribution in [3.63, 3.8) is 0 Å². The third kappa shape index (κ3) is 3.17. The van der Waals surface area contributed by atoms with Gasteiger partial charge in [-0.15, -0.1) is 0 Å². The molecule has 0 aliphatic rings. The lowest BCUT2D eigenvalue weighted by atomic mass is 10.1. The van der Waals surface area contributed by atoms with Gasteiger partial charge in [0.15, 0.2) is 5.89 Å². The van der Waals surface area contributed by atoms with E-state index >= 15 is 0 Å². The molecule has 0 radical (unpaired) electrons. The number of rotatable bonds is 4. The summed E-state index contributed by atoms with van der Waals surface area (Å²) in [6, 6.07) is 10.0. The fourth-order valence-electron chi connectivity index (χ4n) is 1.52. The lowest BCUT2D eigenvalue weighted by molar-refractivity contribution is 0.0925. The maximum Gasteiger partial charge on any atom is 0.288 e. The van der Waals surface area contributed by atoms with E-state index in [1.54, 1.807) is 6.92 Å². The predicted molar refractivity (Wildman–Crippen MR) is 63.7 cm³/mol. The first kappa shape index (κ1) is 11.4. The number of carbonyl (C=O) groups excluding carboxylic acids is 1. The fourth-order valence-corrected chi connectivity index (χ4v) is 1.52. The lowest BCUT2D eigenvalue weighted by Gasteiger charge is -2.02. The van der Waals surface area contributed by atoms with E-state index in [-0.39, 0.29) is 11.7 Å². The van der Waals surface area contributed by atoms with Gasteiger partial charge in [0.1, 0.15) is 0 Å². The molecule has 2 aromatic rings. The number of benzene rings is 1. The molecule has 0 aliphatic heterocycles. The number of amides is 1. The SMILES string of the molecule is Cc1ncc(C(=O)NCCc2ccccc2)o1. The third-order valence-corrected chi connectivity index (χ3v) is 2.39. The summed E-state index contributed by atoms with van der Waals surface area (Å²) >= 11 is 0. The van der Waals surface area contributed by atoms with Crippen molar-refractivity contribution in [3.05, 3.63) is 53.7 Å². The van der Waals surface area contributed by atoms with E-state index in [1.807, 2.05) is 30.3 Å². The minimum Gasteiger partial charge on any atom is -0.436 e. The first-order valence-corrected chi connectivity index (χ1v) is 5.50. The Morgan fingerprint density at radius 3 is 2.76 bits per heavy atom.